The molecule has 0 aliphatic heterocycles. The molecule has 2 aromatic rings. The molecule has 0 amide bonds. The highest BCUT2D eigenvalue weighted by Crippen LogP contribution is 2.28. The summed E-state index contributed by atoms with van der Waals surface area (Å²) in [4.78, 5) is 15.1. The molecule has 19 heavy (non-hydrogen) atoms. The van der Waals surface area contributed by atoms with Crippen molar-refractivity contribution in [2.75, 3.05) is 0 Å². The van der Waals surface area contributed by atoms with Crippen LogP contribution < -0.4 is 11.3 Å². The van der Waals surface area contributed by atoms with Crippen LogP contribution in [-0.2, 0) is 12.7 Å². The second-order valence-corrected chi connectivity index (χ2v) is 3.83. The van der Waals surface area contributed by atoms with Gasteiger partial charge in [-0.05, 0) is 23.8 Å². The van der Waals surface area contributed by atoms with Crippen LogP contribution in [0.3, 0.4) is 0 Å². The number of aromatic nitrogens is 2. The summed E-state index contributed by atoms with van der Waals surface area (Å²) in [6.45, 7) is -0.0693. The Bertz CT molecular complexity index is 649. The monoisotopic (exact) mass is 269 g/mol. The molecule has 0 fully saturated rings. The van der Waals surface area contributed by atoms with Crippen molar-refractivity contribution in [3.63, 3.8) is 0 Å². The van der Waals surface area contributed by atoms with Crippen LogP contribution >= 0.6 is 0 Å². The number of hydrogen-bond acceptors (Lipinski definition) is 3. The van der Waals surface area contributed by atoms with Crippen molar-refractivity contribution in [3.8, 4) is 5.82 Å². The lowest BCUT2D eigenvalue weighted by atomic mass is 10.2. The maximum atomic E-state index is 12.7. The van der Waals surface area contributed by atoms with Gasteiger partial charge in [0, 0.05) is 18.8 Å². The van der Waals surface area contributed by atoms with E-state index in [1.54, 1.807) is 0 Å². The van der Waals surface area contributed by atoms with Crippen LogP contribution in [-0.4, -0.2) is 9.55 Å². The smallest absolute Gasteiger partial charge is 0.326 e. The molecule has 0 aliphatic rings. The average molecular weight is 269 g/mol. The molecule has 100 valence electrons. The first-order valence-electron chi connectivity index (χ1n) is 5.38. The molecule has 0 radical (unpaired) electrons. The standard InChI is InChI=1S/C12H10F3N3O/c13-12(14,15)9-5-8(7-16)6-10(17-9)18-4-2-1-3-11(18)19/h1-6H,7,16H2. The molecule has 0 unspecified atom stereocenters. The van der Waals surface area contributed by atoms with Gasteiger partial charge in [0.1, 0.15) is 11.5 Å². The highest BCUT2D eigenvalue weighted by Gasteiger charge is 2.33. The van der Waals surface area contributed by atoms with Crippen LogP contribution in [0.2, 0.25) is 0 Å². The van der Waals surface area contributed by atoms with Gasteiger partial charge < -0.3 is 5.73 Å². The van der Waals surface area contributed by atoms with Crippen molar-refractivity contribution in [2.45, 2.75) is 12.7 Å². The predicted molar refractivity (Wildman–Crippen MR) is 62.7 cm³/mol. The van der Waals surface area contributed by atoms with Gasteiger partial charge in [-0.15, -0.1) is 0 Å². The van der Waals surface area contributed by atoms with Crippen molar-refractivity contribution in [3.05, 3.63) is 58.1 Å². The summed E-state index contributed by atoms with van der Waals surface area (Å²) >= 11 is 0. The van der Waals surface area contributed by atoms with Crippen LogP contribution in [0.4, 0.5) is 13.2 Å². The molecular formula is C12H10F3N3O. The number of alkyl halides is 3. The molecule has 0 spiro atoms. The summed E-state index contributed by atoms with van der Waals surface area (Å²) in [7, 11) is 0. The van der Waals surface area contributed by atoms with Crippen LogP contribution in [0.5, 0.6) is 0 Å². The Morgan fingerprint density at radius 2 is 2.00 bits per heavy atom. The van der Waals surface area contributed by atoms with Crippen molar-refractivity contribution < 1.29 is 13.2 Å². The molecule has 2 heterocycles. The topological polar surface area (TPSA) is 60.9 Å². The maximum Gasteiger partial charge on any atom is 0.433 e. The Hall–Kier alpha value is -2.15. The number of nitrogens with two attached hydrogens (primary N) is 1. The number of halogens is 3. The summed E-state index contributed by atoms with van der Waals surface area (Å²) in [5.74, 6) is -0.0964. The van der Waals surface area contributed by atoms with Gasteiger partial charge in [-0.3, -0.25) is 9.36 Å². The van der Waals surface area contributed by atoms with E-state index in [4.69, 9.17) is 5.73 Å². The molecule has 0 bridgehead atoms. The van der Waals surface area contributed by atoms with E-state index in [-0.39, 0.29) is 17.9 Å². The van der Waals surface area contributed by atoms with E-state index in [0.29, 0.717) is 0 Å². The van der Waals surface area contributed by atoms with Crippen LogP contribution in [0.15, 0.2) is 41.3 Å². The fraction of sp³-hybridized carbons (Fsp3) is 0.167. The van der Waals surface area contributed by atoms with Gasteiger partial charge in [-0.1, -0.05) is 6.07 Å². The van der Waals surface area contributed by atoms with Gasteiger partial charge >= 0.3 is 6.18 Å². The molecule has 2 aromatic heterocycles. The van der Waals surface area contributed by atoms with Crippen molar-refractivity contribution >= 4 is 0 Å². The third-order valence-electron chi connectivity index (χ3n) is 2.47. The molecule has 4 nitrogen and oxygen atoms in total. The first kappa shape index (κ1) is 13.3. The molecule has 7 heteroatoms. The van der Waals surface area contributed by atoms with E-state index in [1.807, 2.05) is 0 Å². The van der Waals surface area contributed by atoms with Crippen LogP contribution in [0.1, 0.15) is 11.3 Å². The SMILES string of the molecule is NCc1cc(-n2ccccc2=O)nc(C(F)(F)F)c1. The molecule has 0 atom stereocenters. The number of rotatable bonds is 2. The summed E-state index contributed by atoms with van der Waals surface area (Å²) < 4.78 is 39.2. The van der Waals surface area contributed by atoms with Crippen molar-refractivity contribution in [1.82, 2.24) is 9.55 Å². The van der Waals surface area contributed by atoms with E-state index >= 15 is 0 Å². The summed E-state index contributed by atoms with van der Waals surface area (Å²) in [6, 6.07) is 6.50. The minimum atomic E-state index is -4.59. The zero-order valence-corrected chi connectivity index (χ0v) is 9.69. The lowest BCUT2D eigenvalue weighted by Gasteiger charge is -2.11. The minimum Gasteiger partial charge on any atom is -0.326 e. The van der Waals surface area contributed by atoms with Gasteiger partial charge in [0.15, 0.2) is 0 Å². The van der Waals surface area contributed by atoms with Gasteiger partial charge in [-0.25, -0.2) is 4.98 Å². The highest BCUT2D eigenvalue weighted by atomic mass is 19.4. The van der Waals surface area contributed by atoms with Crippen LogP contribution in [0, 0.1) is 0 Å². The Balaban J connectivity index is 2.65. The first-order valence-corrected chi connectivity index (χ1v) is 5.38. The highest BCUT2D eigenvalue weighted by molar-refractivity contribution is 5.32. The largest absolute Gasteiger partial charge is 0.433 e. The number of nitrogens with zero attached hydrogens (tertiary/aromatic N) is 2. The molecule has 0 saturated heterocycles. The first-order chi connectivity index (χ1) is 8.91. The quantitative estimate of drug-likeness (QED) is 0.902. The number of pyridine rings is 2. The van der Waals surface area contributed by atoms with Gasteiger partial charge in [-0.2, -0.15) is 13.2 Å². The Labute approximate surface area is 106 Å². The lowest BCUT2D eigenvalue weighted by molar-refractivity contribution is -0.141. The van der Waals surface area contributed by atoms with Gasteiger partial charge in [0.05, 0.1) is 0 Å². The van der Waals surface area contributed by atoms with E-state index < -0.39 is 17.4 Å². The van der Waals surface area contributed by atoms with E-state index in [2.05, 4.69) is 4.98 Å². The average Bonchev–Trinajstić information content (AvgIpc) is 2.37. The fourth-order valence-corrected chi connectivity index (χ4v) is 1.57. The molecule has 0 saturated carbocycles. The zero-order chi connectivity index (χ0) is 14.0. The summed E-state index contributed by atoms with van der Waals surface area (Å²) in [5, 5.41) is 0. The fourth-order valence-electron chi connectivity index (χ4n) is 1.57. The molecule has 0 aliphatic carbocycles. The van der Waals surface area contributed by atoms with Gasteiger partial charge in [0.25, 0.3) is 5.56 Å². The summed E-state index contributed by atoms with van der Waals surface area (Å²) in [5.41, 5.74) is 4.09. The van der Waals surface area contributed by atoms with Crippen molar-refractivity contribution in [1.29, 1.82) is 0 Å². The zero-order valence-electron chi connectivity index (χ0n) is 9.69. The maximum absolute atomic E-state index is 12.7. The van der Waals surface area contributed by atoms with Crippen LogP contribution in [0.25, 0.3) is 5.82 Å². The Kier molecular flexibility index (Phi) is 3.39. The molecule has 2 rings (SSSR count). The lowest BCUT2D eigenvalue weighted by Crippen LogP contribution is -2.19. The van der Waals surface area contributed by atoms with Crippen molar-refractivity contribution in [2.24, 2.45) is 5.73 Å². The predicted octanol–water partition coefficient (Wildman–Crippen LogP) is 1.71. The third-order valence-corrected chi connectivity index (χ3v) is 2.47. The molecule has 0 aromatic carbocycles. The second-order valence-electron chi connectivity index (χ2n) is 3.83. The molecule has 2 N–H and O–H groups in total. The number of hydrogen-bond donors (Lipinski definition) is 1. The second kappa shape index (κ2) is 4.85. The van der Waals surface area contributed by atoms with E-state index in [9.17, 15) is 18.0 Å². The minimum absolute atomic E-state index is 0.0693. The third kappa shape index (κ3) is 2.82. The summed E-state index contributed by atoms with van der Waals surface area (Å²) in [6.07, 6.45) is -3.23. The normalized spacial score (nSPS) is 11.6. The Morgan fingerprint density at radius 1 is 1.26 bits per heavy atom. The Morgan fingerprint density at radius 3 is 2.58 bits per heavy atom. The molecular weight excluding hydrogens is 259 g/mol. The van der Waals surface area contributed by atoms with E-state index in [0.717, 1.165) is 10.6 Å². The van der Waals surface area contributed by atoms with E-state index in [1.165, 1.54) is 30.5 Å². The van der Waals surface area contributed by atoms with Gasteiger partial charge in [0.2, 0.25) is 0 Å².